The molecule has 156 valence electrons. The fourth-order valence-electron chi connectivity index (χ4n) is 3.20. The highest BCUT2D eigenvalue weighted by atomic mass is 16.5. The Bertz CT molecular complexity index is 1070. The number of aromatic nitrogens is 5. The highest BCUT2D eigenvalue weighted by Crippen LogP contribution is 2.46. The Labute approximate surface area is 174 Å². The number of hydrogen-bond donors (Lipinski definition) is 1. The summed E-state index contributed by atoms with van der Waals surface area (Å²) in [5.41, 5.74) is 2.81. The third kappa shape index (κ3) is 4.56. The molecule has 3 aromatic rings. The van der Waals surface area contributed by atoms with Crippen LogP contribution in [0, 0.1) is 12.8 Å². The first-order valence-electron chi connectivity index (χ1n) is 9.77. The zero-order valence-corrected chi connectivity index (χ0v) is 17.2. The highest BCUT2D eigenvalue weighted by Gasteiger charge is 2.40. The van der Waals surface area contributed by atoms with Gasteiger partial charge in [0.2, 0.25) is 5.88 Å². The molecule has 3 aromatic heterocycles. The SMILES string of the molecule is COc1ccc(C2CC2COc2cc(NCc3ccc(C)nn3)c(=O)n(C)n2)nc1. The van der Waals surface area contributed by atoms with Crippen LogP contribution in [0.2, 0.25) is 0 Å². The van der Waals surface area contributed by atoms with Gasteiger partial charge in [0.1, 0.15) is 11.4 Å². The van der Waals surface area contributed by atoms with Crippen molar-refractivity contribution < 1.29 is 9.47 Å². The lowest BCUT2D eigenvalue weighted by Crippen LogP contribution is -2.24. The zero-order valence-electron chi connectivity index (χ0n) is 17.2. The second-order valence-electron chi connectivity index (χ2n) is 7.38. The first-order valence-corrected chi connectivity index (χ1v) is 9.77. The number of rotatable bonds is 8. The van der Waals surface area contributed by atoms with Crippen molar-refractivity contribution in [1.29, 1.82) is 0 Å². The quantitative estimate of drug-likeness (QED) is 0.604. The second kappa shape index (κ2) is 8.48. The predicted octanol–water partition coefficient (Wildman–Crippen LogP) is 2.08. The van der Waals surface area contributed by atoms with E-state index in [1.807, 2.05) is 31.2 Å². The molecule has 9 heteroatoms. The molecule has 0 amide bonds. The van der Waals surface area contributed by atoms with Gasteiger partial charge in [-0.2, -0.15) is 10.2 Å². The maximum atomic E-state index is 12.4. The van der Waals surface area contributed by atoms with Crippen molar-refractivity contribution in [3.8, 4) is 11.6 Å². The topological polar surface area (TPSA) is 104 Å². The average molecular weight is 408 g/mol. The molecule has 4 rings (SSSR count). The zero-order chi connectivity index (χ0) is 21.1. The smallest absolute Gasteiger partial charge is 0.290 e. The van der Waals surface area contributed by atoms with Gasteiger partial charge in [0.25, 0.3) is 5.56 Å². The molecule has 1 aliphatic carbocycles. The number of hydrogen-bond acceptors (Lipinski definition) is 8. The van der Waals surface area contributed by atoms with E-state index in [0.717, 1.165) is 29.3 Å². The van der Waals surface area contributed by atoms with Gasteiger partial charge in [-0.25, -0.2) is 4.68 Å². The van der Waals surface area contributed by atoms with Crippen LogP contribution < -0.4 is 20.3 Å². The highest BCUT2D eigenvalue weighted by molar-refractivity contribution is 5.43. The molecule has 0 bridgehead atoms. The van der Waals surface area contributed by atoms with E-state index < -0.39 is 0 Å². The molecule has 1 saturated carbocycles. The monoisotopic (exact) mass is 408 g/mol. The van der Waals surface area contributed by atoms with Crippen LogP contribution in [-0.2, 0) is 13.6 Å². The Balaban J connectivity index is 1.36. The van der Waals surface area contributed by atoms with Gasteiger partial charge in [-0.15, -0.1) is 5.10 Å². The van der Waals surface area contributed by atoms with Crippen LogP contribution in [0.25, 0.3) is 0 Å². The van der Waals surface area contributed by atoms with Crippen LogP contribution in [-0.4, -0.2) is 38.7 Å². The molecule has 0 saturated heterocycles. The van der Waals surface area contributed by atoms with Crippen molar-refractivity contribution in [2.45, 2.75) is 25.8 Å². The van der Waals surface area contributed by atoms with E-state index in [-0.39, 0.29) is 5.56 Å². The molecule has 9 nitrogen and oxygen atoms in total. The summed E-state index contributed by atoms with van der Waals surface area (Å²) in [5.74, 6) is 1.91. The molecule has 2 unspecified atom stereocenters. The van der Waals surface area contributed by atoms with E-state index in [1.54, 1.807) is 26.4 Å². The third-order valence-electron chi connectivity index (χ3n) is 5.10. The van der Waals surface area contributed by atoms with E-state index in [4.69, 9.17) is 9.47 Å². The van der Waals surface area contributed by atoms with Gasteiger partial charge < -0.3 is 14.8 Å². The normalized spacial score (nSPS) is 17.4. The van der Waals surface area contributed by atoms with Crippen molar-refractivity contribution in [2.24, 2.45) is 13.0 Å². The summed E-state index contributed by atoms with van der Waals surface area (Å²) in [5, 5.41) is 15.4. The molecule has 0 aromatic carbocycles. The molecule has 1 fully saturated rings. The van der Waals surface area contributed by atoms with Crippen LogP contribution in [0.4, 0.5) is 5.69 Å². The van der Waals surface area contributed by atoms with Crippen molar-refractivity contribution in [3.05, 3.63) is 64.0 Å². The first-order chi connectivity index (χ1) is 14.5. The van der Waals surface area contributed by atoms with E-state index in [0.29, 0.717) is 36.6 Å². The fourth-order valence-corrected chi connectivity index (χ4v) is 3.20. The average Bonchev–Trinajstić information content (AvgIpc) is 3.54. The Hall–Kier alpha value is -3.49. The lowest BCUT2D eigenvalue weighted by molar-refractivity contribution is 0.278. The Morgan fingerprint density at radius 2 is 2.10 bits per heavy atom. The number of ether oxygens (including phenoxy) is 2. The van der Waals surface area contributed by atoms with E-state index in [9.17, 15) is 4.79 Å². The minimum absolute atomic E-state index is 0.228. The van der Waals surface area contributed by atoms with Gasteiger partial charge in [0, 0.05) is 30.6 Å². The van der Waals surface area contributed by atoms with Gasteiger partial charge in [0.05, 0.1) is 37.8 Å². The summed E-state index contributed by atoms with van der Waals surface area (Å²) in [6.07, 6.45) is 2.75. The van der Waals surface area contributed by atoms with E-state index in [2.05, 4.69) is 25.6 Å². The van der Waals surface area contributed by atoms with Crippen LogP contribution in [0.3, 0.4) is 0 Å². The molecule has 0 radical (unpaired) electrons. The summed E-state index contributed by atoms with van der Waals surface area (Å²) in [6.45, 7) is 2.79. The van der Waals surface area contributed by atoms with Crippen LogP contribution in [0.15, 0.2) is 41.3 Å². The number of aryl methyl sites for hydroxylation is 2. The van der Waals surface area contributed by atoms with Gasteiger partial charge in [0.15, 0.2) is 0 Å². The molecule has 30 heavy (non-hydrogen) atoms. The molecule has 2 atom stereocenters. The number of methoxy groups -OCH3 is 1. The summed E-state index contributed by atoms with van der Waals surface area (Å²) in [7, 11) is 3.23. The Morgan fingerprint density at radius 3 is 2.80 bits per heavy atom. The van der Waals surface area contributed by atoms with E-state index in [1.165, 1.54) is 4.68 Å². The molecule has 0 spiro atoms. The van der Waals surface area contributed by atoms with Crippen LogP contribution in [0.5, 0.6) is 11.6 Å². The molecule has 3 heterocycles. The third-order valence-corrected chi connectivity index (χ3v) is 5.10. The maximum absolute atomic E-state index is 12.4. The van der Waals surface area contributed by atoms with Crippen LogP contribution >= 0.6 is 0 Å². The van der Waals surface area contributed by atoms with Crippen LogP contribution in [0.1, 0.15) is 29.4 Å². The van der Waals surface area contributed by atoms with E-state index >= 15 is 0 Å². The Kier molecular flexibility index (Phi) is 5.60. The standard InChI is InChI=1S/C21H24N6O3/c1-13-4-5-15(25-24-13)10-22-19-9-20(26-27(2)21(19)28)30-12-14-8-17(14)18-7-6-16(29-3)11-23-18/h4-7,9,11,14,17,22H,8,10,12H2,1-3H3. The number of nitrogens with zero attached hydrogens (tertiary/aromatic N) is 5. The number of anilines is 1. The minimum atomic E-state index is -0.228. The van der Waals surface area contributed by atoms with Gasteiger partial charge in [-0.3, -0.25) is 9.78 Å². The van der Waals surface area contributed by atoms with Gasteiger partial charge in [-0.1, -0.05) is 0 Å². The molecule has 1 aliphatic rings. The number of nitrogens with one attached hydrogen (secondary N) is 1. The predicted molar refractivity (Wildman–Crippen MR) is 111 cm³/mol. The van der Waals surface area contributed by atoms with Crippen molar-refractivity contribution in [3.63, 3.8) is 0 Å². The maximum Gasteiger partial charge on any atom is 0.290 e. The minimum Gasteiger partial charge on any atom is -0.495 e. The summed E-state index contributed by atoms with van der Waals surface area (Å²) in [6, 6.07) is 9.30. The lowest BCUT2D eigenvalue weighted by Gasteiger charge is -2.10. The van der Waals surface area contributed by atoms with Crippen molar-refractivity contribution in [1.82, 2.24) is 25.0 Å². The fraction of sp³-hybridized carbons (Fsp3) is 0.381. The van der Waals surface area contributed by atoms with Gasteiger partial charge in [-0.05, 0) is 37.6 Å². The van der Waals surface area contributed by atoms with Crippen molar-refractivity contribution in [2.75, 3.05) is 19.0 Å². The molecular weight excluding hydrogens is 384 g/mol. The largest absolute Gasteiger partial charge is 0.495 e. The lowest BCUT2D eigenvalue weighted by atomic mass is 10.2. The second-order valence-corrected chi connectivity index (χ2v) is 7.38. The molecular formula is C21H24N6O3. The molecule has 1 N–H and O–H groups in total. The number of pyridine rings is 1. The first kappa shape index (κ1) is 19.8. The molecule has 0 aliphatic heterocycles. The summed E-state index contributed by atoms with van der Waals surface area (Å²) in [4.78, 5) is 16.8. The summed E-state index contributed by atoms with van der Waals surface area (Å²) < 4.78 is 12.3. The van der Waals surface area contributed by atoms with Crippen molar-refractivity contribution >= 4 is 5.69 Å². The Morgan fingerprint density at radius 1 is 1.23 bits per heavy atom. The summed E-state index contributed by atoms with van der Waals surface area (Å²) >= 11 is 0. The van der Waals surface area contributed by atoms with Gasteiger partial charge >= 0.3 is 0 Å².